The molecular formula is C42H46O25. The number of carbonyl (C=O) groups is 1. The first-order valence-electron chi connectivity index (χ1n) is 20.2. The van der Waals surface area contributed by atoms with Crippen molar-refractivity contribution in [3.63, 3.8) is 0 Å². The zero-order valence-electron chi connectivity index (χ0n) is 34.3. The Labute approximate surface area is 375 Å². The first kappa shape index (κ1) is 49.0. The molecule has 3 aliphatic rings. The Morgan fingerprint density at radius 3 is 1.76 bits per heavy atom. The van der Waals surface area contributed by atoms with E-state index in [4.69, 9.17) is 37.6 Å². The van der Waals surface area contributed by atoms with Gasteiger partial charge in [-0.15, -0.1) is 0 Å². The van der Waals surface area contributed by atoms with Gasteiger partial charge in [0.15, 0.2) is 47.3 Å². The number of carbonyl (C=O) groups excluding carboxylic acids is 1. The lowest BCUT2D eigenvalue weighted by molar-refractivity contribution is -0.358. The molecule has 0 saturated carbocycles. The van der Waals surface area contributed by atoms with E-state index in [9.17, 15) is 86.2 Å². The number of hydrogen-bond acceptors (Lipinski definition) is 25. The summed E-state index contributed by atoms with van der Waals surface area (Å²) in [5, 5.41) is 155. The van der Waals surface area contributed by atoms with Crippen LogP contribution in [0.1, 0.15) is 5.56 Å². The van der Waals surface area contributed by atoms with Crippen LogP contribution in [0, 0.1) is 0 Å². The van der Waals surface area contributed by atoms with E-state index >= 15 is 0 Å². The Morgan fingerprint density at radius 2 is 1.15 bits per heavy atom. The summed E-state index contributed by atoms with van der Waals surface area (Å²) in [6.07, 6.45) is -26.5. The maximum absolute atomic E-state index is 14.5. The number of aliphatic hydroxyl groups excluding tert-OH is 10. The standard InChI is InChI=1S/C42H46O25/c43-11-23-28(52)32(56)35(59)40(62-23)60-16-9-21(50)27-22(10-16)61-36(15-3-5-18(47)20(49)8-15)37(31(27)55)66-42-39(34(58)30(54)25(13-45)64-42)67-41-38(33(57)29(53)24(12-44)63-41)65-26(51)6-2-14-1-4-17(46)19(48)7-14/h1-10,23-25,28-30,32-35,38-50,52-54,56-59H,11-13H2/t23-,24-,25-,28-,29-,30-,32+,33+,34+,35-,38-,39-,40-,41+,42+/m1/s1. The molecule has 4 aromatic rings. The summed E-state index contributed by atoms with van der Waals surface area (Å²) >= 11 is 0. The summed E-state index contributed by atoms with van der Waals surface area (Å²) < 4.78 is 45.7. The fourth-order valence-electron chi connectivity index (χ4n) is 7.43. The Kier molecular flexibility index (Phi) is 14.7. The van der Waals surface area contributed by atoms with Gasteiger partial charge >= 0.3 is 5.97 Å². The number of esters is 1. The van der Waals surface area contributed by atoms with Gasteiger partial charge in [0.25, 0.3) is 0 Å². The molecule has 3 aliphatic heterocycles. The van der Waals surface area contributed by atoms with Crippen LogP contribution in [-0.2, 0) is 28.5 Å². The largest absolute Gasteiger partial charge is 0.507 e. The molecule has 25 nitrogen and oxygen atoms in total. The van der Waals surface area contributed by atoms with Crippen molar-refractivity contribution in [1.29, 1.82) is 0 Å². The molecule has 0 aliphatic carbocycles. The number of phenols is 5. The molecule has 15 atom stereocenters. The normalized spacial score (nSPS) is 32.3. The van der Waals surface area contributed by atoms with E-state index in [0.29, 0.717) is 0 Å². The van der Waals surface area contributed by atoms with E-state index in [-0.39, 0.29) is 16.9 Å². The first-order chi connectivity index (χ1) is 31.8. The molecule has 0 unspecified atom stereocenters. The lowest BCUT2D eigenvalue weighted by Crippen LogP contribution is -2.65. The van der Waals surface area contributed by atoms with E-state index in [1.54, 1.807) is 0 Å². The summed E-state index contributed by atoms with van der Waals surface area (Å²) in [4.78, 5) is 27.6. The number of benzene rings is 3. The van der Waals surface area contributed by atoms with Crippen molar-refractivity contribution in [2.24, 2.45) is 0 Å². The molecule has 3 saturated heterocycles. The van der Waals surface area contributed by atoms with E-state index in [0.717, 1.165) is 54.6 Å². The van der Waals surface area contributed by atoms with Crippen molar-refractivity contribution >= 4 is 23.0 Å². The number of aliphatic hydroxyl groups is 10. The number of phenolic OH excluding ortho intramolecular Hbond substituents is 5. The highest BCUT2D eigenvalue weighted by Crippen LogP contribution is 2.41. The van der Waals surface area contributed by atoms with Gasteiger partial charge in [0.1, 0.15) is 83.5 Å². The van der Waals surface area contributed by atoms with Crippen LogP contribution in [-0.4, -0.2) is 195 Å². The van der Waals surface area contributed by atoms with E-state index in [1.807, 2.05) is 0 Å². The molecule has 0 radical (unpaired) electrons. The third kappa shape index (κ3) is 9.91. The average Bonchev–Trinajstić information content (AvgIpc) is 3.30. The molecule has 0 amide bonds. The monoisotopic (exact) mass is 950 g/mol. The highest BCUT2D eigenvalue weighted by Gasteiger charge is 2.53. The Bertz CT molecular complexity index is 2490. The number of fused-ring (bicyclic) bond motifs is 1. The van der Waals surface area contributed by atoms with Gasteiger partial charge in [-0.05, 0) is 42.0 Å². The van der Waals surface area contributed by atoms with E-state index in [2.05, 4.69) is 0 Å². The molecule has 67 heavy (non-hydrogen) atoms. The predicted octanol–water partition coefficient (Wildman–Crippen LogP) is -3.57. The summed E-state index contributed by atoms with van der Waals surface area (Å²) in [6.45, 7) is -2.75. The van der Waals surface area contributed by atoms with Gasteiger partial charge in [-0.2, -0.15) is 0 Å². The average molecular weight is 951 g/mol. The van der Waals surface area contributed by atoms with Crippen LogP contribution in [0.5, 0.6) is 40.2 Å². The molecular weight excluding hydrogens is 904 g/mol. The SMILES string of the molecule is O=C(C=Cc1ccc(O)c(O)c1)O[C@H]1[C@H](O[C@H]2[C@H](Oc3c(-c4ccc(O)c(O)c4)oc4cc(O[C@@H]5O[C@H](CO)[C@@H](O)[C@H](O)[C@H]5O)cc(O)c4c3=O)O[C@H](CO)[C@@H](O)[C@@H]2O)O[C@H](CO)[C@@H](O)[C@@H]1O. The molecule has 7 rings (SSSR count). The van der Waals surface area contributed by atoms with Crippen molar-refractivity contribution in [1.82, 2.24) is 0 Å². The minimum atomic E-state index is -2.17. The van der Waals surface area contributed by atoms with Gasteiger partial charge in [0.05, 0.1) is 19.8 Å². The van der Waals surface area contributed by atoms with Crippen LogP contribution in [0.2, 0.25) is 0 Å². The van der Waals surface area contributed by atoms with Crippen molar-refractivity contribution in [2.75, 3.05) is 19.8 Å². The highest BCUT2D eigenvalue weighted by atomic mass is 16.8. The topological polar surface area (TPSA) is 415 Å². The van der Waals surface area contributed by atoms with Crippen molar-refractivity contribution in [3.8, 4) is 51.6 Å². The van der Waals surface area contributed by atoms with Gasteiger partial charge in [-0.25, -0.2) is 4.79 Å². The van der Waals surface area contributed by atoms with Gasteiger partial charge in [0, 0.05) is 23.8 Å². The zero-order chi connectivity index (χ0) is 48.6. The fraction of sp³-hybridized carbons (Fsp3) is 0.429. The maximum Gasteiger partial charge on any atom is 0.331 e. The van der Waals surface area contributed by atoms with Crippen molar-refractivity contribution in [2.45, 2.75) is 92.1 Å². The minimum absolute atomic E-state index is 0.200. The van der Waals surface area contributed by atoms with Crippen LogP contribution < -0.4 is 14.9 Å². The molecule has 0 bridgehead atoms. The first-order valence-corrected chi connectivity index (χ1v) is 20.2. The second kappa shape index (κ2) is 20.1. The molecule has 25 heteroatoms. The zero-order valence-corrected chi connectivity index (χ0v) is 34.3. The Balaban J connectivity index is 1.26. The molecule has 1 aromatic heterocycles. The number of aromatic hydroxyl groups is 5. The predicted molar refractivity (Wildman–Crippen MR) is 217 cm³/mol. The lowest BCUT2D eigenvalue weighted by atomic mass is 9.97. The number of ether oxygens (including phenoxy) is 7. The van der Waals surface area contributed by atoms with E-state index < -0.39 is 175 Å². The third-order valence-electron chi connectivity index (χ3n) is 11.1. The number of rotatable bonds is 13. The van der Waals surface area contributed by atoms with Crippen molar-refractivity contribution < 1.29 is 119 Å². The second-order valence-electron chi connectivity index (χ2n) is 15.5. The maximum atomic E-state index is 14.5. The Hall–Kier alpha value is -5.88. The molecule has 3 aromatic carbocycles. The lowest BCUT2D eigenvalue weighted by Gasteiger charge is -2.46. The van der Waals surface area contributed by atoms with Crippen LogP contribution in [0.15, 0.2) is 63.8 Å². The van der Waals surface area contributed by atoms with Crippen molar-refractivity contribution in [3.05, 3.63) is 70.4 Å². The minimum Gasteiger partial charge on any atom is -0.507 e. The van der Waals surface area contributed by atoms with Gasteiger partial charge < -0.3 is 114 Å². The highest BCUT2D eigenvalue weighted by molar-refractivity contribution is 5.89. The molecule has 4 heterocycles. The summed E-state index contributed by atoms with van der Waals surface area (Å²) in [7, 11) is 0. The van der Waals surface area contributed by atoms with Crippen LogP contribution >= 0.6 is 0 Å². The molecule has 15 N–H and O–H groups in total. The quantitative estimate of drug-likeness (QED) is 0.0350. The van der Waals surface area contributed by atoms with E-state index in [1.165, 1.54) is 6.07 Å². The molecule has 364 valence electrons. The van der Waals surface area contributed by atoms with Gasteiger partial charge in [0.2, 0.25) is 23.8 Å². The summed E-state index contributed by atoms with van der Waals surface area (Å²) in [5.41, 5.74) is -1.72. The third-order valence-corrected chi connectivity index (χ3v) is 11.1. The second-order valence-corrected chi connectivity index (χ2v) is 15.5. The summed E-state index contributed by atoms with van der Waals surface area (Å²) in [6, 6.07) is 8.46. The fourth-order valence-corrected chi connectivity index (χ4v) is 7.43. The smallest absolute Gasteiger partial charge is 0.331 e. The number of hydrogen-bond donors (Lipinski definition) is 15. The molecule has 3 fully saturated rings. The van der Waals surface area contributed by atoms with Gasteiger partial charge in [-0.3, -0.25) is 4.79 Å². The Morgan fingerprint density at radius 1 is 0.582 bits per heavy atom. The summed E-state index contributed by atoms with van der Waals surface area (Å²) in [5.74, 6) is -6.30. The van der Waals surface area contributed by atoms with Crippen LogP contribution in [0.4, 0.5) is 0 Å². The van der Waals surface area contributed by atoms with Crippen LogP contribution in [0.25, 0.3) is 28.4 Å². The van der Waals surface area contributed by atoms with Gasteiger partial charge in [-0.1, -0.05) is 6.07 Å². The van der Waals surface area contributed by atoms with Crippen LogP contribution in [0.3, 0.4) is 0 Å². The molecule has 0 spiro atoms.